The fraction of sp³-hybridized carbons (Fsp3) is 0.500. The van der Waals surface area contributed by atoms with Crippen molar-refractivity contribution < 1.29 is 13.2 Å². The van der Waals surface area contributed by atoms with E-state index in [1.54, 1.807) is 26.5 Å². The molecule has 3 rings (SSSR count). The number of aromatic nitrogens is 3. The molecular formula is C16H23N5O3S. The summed E-state index contributed by atoms with van der Waals surface area (Å²) in [5, 5.41) is 6.77. The molecule has 3 heterocycles. The smallest absolute Gasteiger partial charge is 0.281 e. The SMILES string of the molecule is CN(C)S(=O)(=O)N1CCC[C@H](COc2ccc(-c3ccn[nH]3)nc2)C1. The Bertz CT molecular complexity index is 775. The maximum atomic E-state index is 12.2. The summed E-state index contributed by atoms with van der Waals surface area (Å²) < 4.78 is 33.1. The van der Waals surface area contributed by atoms with Gasteiger partial charge in [-0.1, -0.05) is 0 Å². The quantitative estimate of drug-likeness (QED) is 0.835. The van der Waals surface area contributed by atoms with Crippen molar-refractivity contribution in [3.05, 3.63) is 30.6 Å². The Morgan fingerprint density at radius 2 is 2.20 bits per heavy atom. The van der Waals surface area contributed by atoms with Crippen LogP contribution < -0.4 is 4.74 Å². The molecule has 1 saturated heterocycles. The minimum Gasteiger partial charge on any atom is -0.492 e. The zero-order valence-electron chi connectivity index (χ0n) is 14.4. The lowest BCUT2D eigenvalue weighted by Crippen LogP contribution is -2.46. The van der Waals surface area contributed by atoms with E-state index in [-0.39, 0.29) is 5.92 Å². The molecule has 1 fully saturated rings. The van der Waals surface area contributed by atoms with E-state index in [1.807, 2.05) is 18.2 Å². The summed E-state index contributed by atoms with van der Waals surface area (Å²) in [7, 11) is -0.241. The molecule has 1 atom stereocenters. The van der Waals surface area contributed by atoms with E-state index in [4.69, 9.17) is 4.74 Å². The minimum absolute atomic E-state index is 0.177. The van der Waals surface area contributed by atoms with Crippen LogP contribution in [-0.2, 0) is 10.2 Å². The fourth-order valence-electron chi connectivity index (χ4n) is 2.84. The van der Waals surface area contributed by atoms with E-state index >= 15 is 0 Å². The third-order valence-corrected chi connectivity index (χ3v) is 6.18. The molecule has 136 valence electrons. The molecule has 0 bridgehead atoms. The van der Waals surface area contributed by atoms with Crippen LogP contribution in [0.2, 0.25) is 0 Å². The summed E-state index contributed by atoms with van der Waals surface area (Å²) in [6.07, 6.45) is 5.16. The monoisotopic (exact) mass is 365 g/mol. The van der Waals surface area contributed by atoms with Crippen LogP contribution in [0.4, 0.5) is 0 Å². The van der Waals surface area contributed by atoms with Gasteiger partial charge in [0, 0.05) is 39.3 Å². The Morgan fingerprint density at radius 3 is 2.84 bits per heavy atom. The number of nitrogens with one attached hydrogen (secondary N) is 1. The first-order valence-corrected chi connectivity index (χ1v) is 9.62. The standard InChI is InChI=1S/C16H23N5O3S/c1-20(2)25(22,23)21-9-3-4-13(11-21)12-24-14-5-6-15(17-10-14)16-7-8-18-19-16/h5-8,10,13H,3-4,9,11-12H2,1-2H3,(H,18,19)/t13-/m0/s1. The lowest BCUT2D eigenvalue weighted by molar-refractivity contribution is 0.176. The molecule has 1 N–H and O–H groups in total. The zero-order chi connectivity index (χ0) is 17.9. The van der Waals surface area contributed by atoms with Crippen LogP contribution in [0.25, 0.3) is 11.4 Å². The molecular weight excluding hydrogens is 342 g/mol. The Balaban J connectivity index is 1.56. The predicted octanol–water partition coefficient (Wildman–Crippen LogP) is 1.37. The van der Waals surface area contributed by atoms with Crippen molar-refractivity contribution in [1.82, 2.24) is 23.8 Å². The van der Waals surface area contributed by atoms with Gasteiger partial charge in [-0.2, -0.15) is 22.1 Å². The van der Waals surface area contributed by atoms with Gasteiger partial charge in [-0.15, -0.1) is 0 Å². The number of rotatable bonds is 6. The van der Waals surface area contributed by atoms with Crippen molar-refractivity contribution in [2.24, 2.45) is 5.92 Å². The first-order chi connectivity index (χ1) is 12.0. The topological polar surface area (TPSA) is 91.4 Å². The van der Waals surface area contributed by atoms with Gasteiger partial charge in [0.15, 0.2) is 0 Å². The van der Waals surface area contributed by atoms with Gasteiger partial charge >= 0.3 is 0 Å². The van der Waals surface area contributed by atoms with Crippen molar-refractivity contribution in [1.29, 1.82) is 0 Å². The van der Waals surface area contributed by atoms with Crippen LogP contribution >= 0.6 is 0 Å². The van der Waals surface area contributed by atoms with Gasteiger partial charge in [0.2, 0.25) is 0 Å². The first-order valence-electron chi connectivity index (χ1n) is 8.23. The Hall–Kier alpha value is -1.97. The molecule has 1 aliphatic heterocycles. The number of ether oxygens (including phenoxy) is 1. The van der Waals surface area contributed by atoms with E-state index < -0.39 is 10.2 Å². The molecule has 0 amide bonds. The Kier molecular flexibility index (Phi) is 5.36. The summed E-state index contributed by atoms with van der Waals surface area (Å²) in [6, 6.07) is 5.58. The Labute approximate surface area is 148 Å². The Morgan fingerprint density at radius 1 is 1.36 bits per heavy atom. The van der Waals surface area contributed by atoms with Crippen molar-refractivity contribution in [3.8, 4) is 17.1 Å². The second-order valence-corrected chi connectivity index (χ2v) is 8.46. The number of H-pyrrole nitrogens is 1. The van der Waals surface area contributed by atoms with Gasteiger partial charge in [-0.25, -0.2) is 0 Å². The molecule has 2 aromatic rings. The lowest BCUT2D eigenvalue weighted by atomic mass is 10.0. The minimum atomic E-state index is -3.36. The molecule has 0 spiro atoms. The van der Waals surface area contributed by atoms with Crippen LogP contribution in [0, 0.1) is 5.92 Å². The second-order valence-electron chi connectivity index (χ2n) is 6.32. The van der Waals surface area contributed by atoms with Gasteiger partial charge in [-0.3, -0.25) is 10.1 Å². The van der Waals surface area contributed by atoms with E-state index in [1.165, 1.54) is 8.61 Å². The highest BCUT2D eigenvalue weighted by atomic mass is 32.2. The van der Waals surface area contributed by atoms with Gasteiger partial charge in [0.25, 0.3) is 10.2 Å². The summed E-state index contributed by atoms with van der Waals surface area (Å²) in [5.41, 5.74) is 1.65. The fourth-order valence-corrected chi connectivity index (χ4v) is 4.06. The summed E-state index contributed by atoms with van der Waals surface area (Å²) >= 11 is 0. The maximum Gasteiger partial charge on any atom is 0.281 e. The van der Waals surface area contributed by atoms with E-state index in [0.717, 1.165) is 24.2 Å². The van der Waals surface area contributed by atoms with Crippen LogP contribution in [-0.4, -0.2) is 66.0 Å². The average molecular weight is 365 g/mol. The molecule has 0 radical (unpaired) electrons. The van der Waals surface area contributed by atoms with Crippen molar-refractivity contribution in [3.63, 3.8) is 0 Å². The third-order valence-electron chi connectivity index (χ3n) is 4.27. The van der Waals surface area contributed by atoms with Crippen LogP contribution in [0.3, 0.4) is 0 Å². The molecule has 8 nitrogen and oxygen atoms in total. The van der Waals surface area contributed by atoms with Crippen LogP contribution in [0.1, 0.15) is 12.8 Å². The number of aromatic amines is 1. The zero-order valence-corrected chi connectivity index (χ0v) is 15.2. The largest absolute Gasteiger partial charge is 0.492 e. The van der Waals surface area contributed by atoms with E-state index in [9.17, 15) is 8.42 Å². The van der Waals surface area contributed by atoms with Crippen molar-refractivity contribution in [2.45, 2.75) is 12.8 Å². The summed E-state index contributed by atoms with van der Waals surface area (Å²) in [4.78, 5) is 4.35. The third kappa shape index (κ3) is 4.17. The molecule has 2 aromatic heterocycles. The van der Waals surface area contributed by atoms with Gasteiger partial charge in [0.1, 0.15) is 5.75 Å². The number of nitrogens with zero attached hydrogens (tertiary/aromatic N) is 4. The number of hydrogen-bond donors (Lipinski definition) is 1. The van der Waals surface area contributed by atoms with Gasteiger partial charge in [-0.05, 0) is 31.0 Å². The number of piperidine rings is 1. The molecule has 9 heteroatoms. The number of pyridine rings is 1. The van der Waals surface area contributed by atoms with Gasteiger partial charge in [0.05, 0.1) is 24.2 Å². The maximum absolute atomic E-state index is 12.2. The highest BCUT2D eigenvalue weighted by molar-refractivity contribution is 7.86. The molecule has 25 heavy (non-hydrogen) atoms. The molecule has 0 aromatic carbocycles. The van der Waals surface area contributed by atoms with Crippen LogP contribution in [0.5, 0.6) is 5.75 Å². The van der Waals surface area contributed by atoms with Gasteiger partial charge < -0.3 is 4.74 Å². The van der Waals surface area contributed by atoms with Crippen molar-refractivity contribution in [2.75, 3.05) is 33.8 Å². The normalized spacial score (nSPS) is 19.2. The molecule has 1 aliphatic rings. The summed E-state index contributed by atoms with van der Waals surface area (Å²) in [5.74, 6) is 0.853. The van der Waals surface area contributed by atoms with E-state index in [2.05, 4.69) is 15.2 Å². The molecule has 0 unspecified atom stereocenters. The molecule has 0 saturated carbocycles. The average Bonchev–Trinajstić information content (AvgIpc) is 3.15. The number of hydrogen-bond acceptors (Lipinski definition) is 5. The highest BCUT2D eigenvalue weighted by Gasteiger charge is 2.30. The molecule has 0 aliphatic carbocycles. The highest BCUT2D eigenvalue weighted by Crippen LogP contribution is 2.22. The van der Waals surface area contributed by atoms with Crippen molar-refractivity contribution >= 4 is 10.2 Å². The van der Waals surface area contributed by atoms with Crippen LogP contribution in [0.15, 0.2) is 30.6 Å². The van der Waals surface area contributed by atoms with E-state index in [0.29, 0.717) is 25.4 Å². The lowest BCUT2D eigenvalue weighted by Gasteiger charge is -2.33. The predicted molar refractivity (Wildman–Crippen MR) is 94.2 cm³/mol. The summed E-state index contributed by atoms with van der Waals surface area (Å²) in [6.45, 7) is 1.53. The first kappa shape index (κ1) is 17.8. The second kappa shape index (κ2) is 7.51.